The normalized spacial score (nSPS) is 11.3. The number of benzene rings is 1. The fourth-order valence-electron chi connectivity index (χ4n) is 1.92. The maximum atomic E-state index is 12.6. The maximum absolute atomic E-state index is 12.6. The van der Waals surface area contributed by atoms with Crippen LogP contribution in [0, 0.1) is 0 Å². The van der Waals surface area contributed by atoms with Crippen LogP contribution in [0.1, 0.15) is 36.7 Å². The summed E-state index contributed by atoms with van der Waals surface area (Å²) in [5, 5.41) is 3.85. The Morgan fingerprint density at radius 1 is 1.16 bits per heavy atom. The minimum absolute atomic E-state index is 0.0950. The van der Waals surface area contributed by atoms with Gasteiger partial charge in [-0.2, -0.15) is 11.3 Å². The molecule has 2 rings (SSSR count). The molecule has 1 heterocycles. The molecule has 0 aliphatic heterocycles. The Hall–Kier alpha value is -1.61. The van der Waals surface area contributed by atoms with E-state index in [2.05, 4.69) is 32.9 Å². The van der Waals surface area contributed by atoms with Gasteiger partial charge in [0.1, 0.15) is 0 Å². The summed E-state index contributed by atoms with van der Waals surface area (Å²) in [7, 11) is 0. The lowest BCUT2D eigenvalue weighted by molar-refractivity contribution is 0.0559. The highest BCUT2D eigenvalue weighted by atomic mass is 32.1. The summed E-state index contributed by atoms with van der Waals surface area (Å²) in [6.07, 6.45) is 0. The van der Waals surface area contributed by atoms with Crippen molar-refractivity contribution in [2.45, 2.75) is 32.9 Å². The molecule has 2 nitrogen and oxygen atoms in total. The number of rotatable bonds is 3. The van der Waals surface area contributed by atoms with E-state index in [0.717, 1.165) is 11.1 Å². The zero-order valence-electron chi connectivity index (χ0n) is 11.6. The third-order valence-electron chi connectivity index (χ3n) is 3.01. The second-order valence-corrected chi connectivity index (χ2v) is 6.34. The molecule has 3 heteroatoms. The van der Waals surface area contributed by atoms with Crippen molar-refractivity contribution in [2.75, 3.05) is 0 Å². The van der Waals surface area contributed by atoms with E-state index in [9.17, 15) is 4.79 Å². The van der Waals surface area contributed by atoms with E-state index in [0.29, 0.717) is 6.54 Å². The third kappa shape index (κ3) is 3.44. The van der Waals surface area contributed by atoms with Gasteiger partial charge in [0.05, 0.1) is 5.56 Å². The fourth-order valence-corrected chi connectivity index (χ4v) is 2.55. The van der Waals surface area contributed by atoms with Crippen molar-refractivity contribution in [3.8, 4) is 0 Å². The van der Waals surface area contributed by atoms with Gasteiger partial charge in [0.15, 0.2) is 0 Å². The molecule has 100 valence electrons. The Morgan fingerprint density at radius 3 is 2.37 bits per heavy atom. The molecular formula is C16H19NOS. The van der Waals surface area contributed by atoms with Crippen molar-refractivity contribution in [1.82, 2.24) is 4.90 Å². The molecule has 0 saturated heterocycles. The fraction of sp³-hybridized carbons (Fsp3) is 0.312. The van der Waals surface area contributed by atoms with Gasteiger partial charge in [0, 0.05) is 17.5 Å². The Bertz CT molecular complexity index is 526. The van der Waals surface area contributed by atoms with Crippen LogP contribution in [0.2, 0.25) is 0 Å². The molecule has 0 aliphatic rings. The highest BCUT2D eigenvalue weighted by Gasteiger charge is 2.27. The van der Waals surface area contributed by atoms with E-state index in [4.69, 9.17) is 0 Å². The molecule has 0 aliphatic carbocycles. The lowest BCUT2D eigenvalue weighted by Crippen LogP contribution is -2.44. The molecule has 0 atom stereocenters. The highest BCUT2D eigenvalue weighted by molar-refractivity contribution is 7.08. The van der Waals surface area contributed by atoms with Crippen LogP contribution in [0.25, 0.3) is 0 Å². The summed E-state index contributed by atoms with van der Waals surface area (Å²) >= 11 is 1.55. The van der Waals surface area contributed by atoms with Gasteiger partial charge in [-0.15, -0.1) is 0 Å². The SMILES string of the molecule is CC(C)(C)N(Cc1ccccc1)C(=O)c1ccsc1. The molecule has 0 radical (unpaired) electrons. The molecule has 2 aromatic rings. The number of hydrogen-bond acceptors (Lipinski definition) is 2. The van der Waals surface area contributed by atoms with Crippen molar-refractivity contribution in [1.29, 1.82) is 0 Å². The number of hydrogen-bond donors (Lipinski definition) is 0. The topological polar surface area (TPSA) is 20.3 Å². The number of carbonyl (C=O) groups excluding carboxylic acids is 1. The minimum Gasteiger partial charge on any atom is -0.329 e. The third-order valence-corrected chi connectivity index (χ3v) is 3.69. The first kappa shape index (κ1) is 13.8. The first-order valence-corrected chi connectivity index (χ1v) is 7.31. The molecule has 0 unspecified atom stereocenters. The van der Waals surface area contributed by atoms with Gasteiger partial charge in [-0.25, -0.2) is 0 Å². The molecule has 19 heavy (non-hydrogen) atoms. The van der Waals surface area contributed by atoms with Crippen molar-refractivity contribution in [3.63, 3.8) is 0 Å². The van der Waals surface area contributed by atoms with Gasteiger partial charge in [0.25, 0.3) is 5.91 Å². The van der Waals surface area contributed by atoms with Gasteiger partial charge in [-0.1, -0.05) is 30.3 Å². The zero-order chi connectivity index (χ0) is 13.9. The lowest BCUT2D eigenvalue weighted by Gasteiger charge is -2.35. The van der Waals surface area contributed by atoms with Gasteiger partial charge in [0.2, 0.25) is 0 Å². The van der Waals surface area contributed by atoms with E-state index < -0.39 is 0 Å². The van der Waals surface area contributed by atoms with E-state index in [-0.39, 0.29) is 11.4 Å². The maximum Gasteiger partial charge on any atom is 0.255 e. The van der Waals surface area contributed by atoms with Gasteiger partial charge in [-0.05, 0) is 37.8 Å². The Labute approximate surface area is 118 Å². The van der Waals surface area contributed by atoms with E-state index in [1.54, 1.807) is 11.3 Å². The molecule has 0 N–H and O–H groups in total. The summed E-state index contributed by atoms with van der Waals surface area (Å²) < 4.78 is 0. The molecule has 0 fully saturated rings. The Kier molecular flexibility index (Phi) is 4.05. The van der Waals surface area contributed by atoms with Crippen LogP contribution in [-0.2, 0) is 6.54 Å². The smallest absolute Gasteiger partial charge is 0.255 e. The predicted octanol–water partition coefficient (Wildman–Crippen LogP) is 4.19. The molecule has 1 aromatic carbocycles. The van der Waals surface area contributed by atoms with Crippen LogP contribution in [0.4, 0.5) is 0 Å². The second-order valence-electron chi connectivity index (χ2n) is 5.56. The van der Waals surface area contributed by atoms with Gasteiger partial charge in [-0.3, -0.25) is 4.79 Å². The first-order valence-electron chi connectivity index (χ1n) is 6.36. The highest BCUT2D eigenvalue weighted by Crippen LogP contribution is 2.21. The average molecular weight is 273 g/mol. The van der Waals surface area contributed by atoms with Crippen molar-refractivity contribution in [3.05, 3.63) is 58.3 Å². The van der Waals surface area contributed by atoms with Crippen LogP contribution in [0.5, 0.6) is 0 Å². The van der Waals surface area contributed by atoms with Crippen LogP contribution in [-0.4, -0.2) is 16.3 Å². The summed E-state index contributed by atoms with van der Waals surface area (Å²) in [6, 6.07) is 12.0. The van der Waals surface area contributed by atoms with Crippen LogP contribution in [0.3, 0.4) is 0 Å². The van der Waals surface area contributed by atoms with Crippen molar-refractivity contribution >= 4 is 17.2 Å². The van der Waals surface area contributed by atoms with Crippen LogP contribution < -0.4 is 0 Å². The molecule has 1 amide bonds. The standard InChI is InChI=1S/C16H19NOS/c1-16(2,3)17(11-13-7-5-4-6-8-13)15(18)14-9-10-19-12-14/h4-10,12H,11H2,1-3H3. The number of nitrogens with zero attached hydrogens (tertiary/aromatic N) is 1. The van der Waals surface area contributed by atoms with Crippen LogP contribution in [0.15, 0.2) is 47.2 Å². The van der Waals surface area contributed by atoms with Gasteiger partial charge < -0.3 is 4.90 Å². The summed E-state index contributed by atoms with van der Waals surface area (Å²) in [5.41, 5.74) is 1.73. The summed E-state index contributed by atoms with van der Waals surface area (Å²) in [4.78, 5) is 14.5. The van der Waals surface area contributed by atoms with Crippen molar-refractivity contribution in [2.24, 2.45) is 0 Å². The quantitative estimate of drug-likeness (QED) is 0.821. The van der Waals surface area contributed by atoms with E-state index >= 15 is 0 Å². The molecule has 1 aromatic heterocycles. The second kappa shape index (κ2) is 5.57. The summed E-state index contributed by atoms with van der Waals surface area (Å²) in [6.45, 7) is 6.85. The van der Waals surface area contributed by atoms with Crippen molar-refractivity contribution < 1.29 is 4.79 Å². The number of carbonyl (C=O) groups is 1. The Morgan fingerprint density at radius 2 is 1.84 bits per heavy atom. The molecule has 0 saturated carbocycles. The molecular weight excluding hydrogens is 254 g/mol. The van der Waals surface area contributed by atoms with Crippen LogP contribution >= 0.6 is 11.3 Å². The molecule has 0 spiro atoms. The van der Waals surface area contributed by atoms with E-state index in [1.165, 1.54) is 0 Å². The summed E-state index contributed by atoms with van der Waals surface area (Å²) in [5.74, 6) is 0.0950. The minimum atomic E-state index is -0.200. The predicted molar refractivity (Wildman–Crippen MR) is 80.4 cm³/mol. The average Bonchev–Trinajstić information content (AvgIpc) is 2.89. The van der Waals surface area contributed by atoms with E-state index in [1.807, 2.05) is 39.9 Å². The largest absolute Gasteiger partial charge is 0.329 e. The number of amides is 1. The first-order chi connectivity index (χ1) is 8.98. The number of thiophene rings is 1. The molecule has 0 bridgehead atoms. The lowest BCUT2D eigenvalue weighted by atomic mass is 10.0. The Balaban J connectivity index is 2.25. The monoisotopic (exact) mass is 273 g/mol. The zero-order valence-corrected chi connectivity index (χ0v) is 12.4. The van der Waals surface area contributed by atoms with Gasteiger partial charge >= 0.3 is 0 Å².